The zero-order valence-electron chi connectivity index (χ0n) is 30.5. The number of rotatable bonds is 3. The molecule has 0 radical (unpaired) electrons. The average Bonchev–Trinajstić information content (AvgIpc) is 3.94. The van der Waals surface area contributed by atoms with Gasteiger partial charge in [0.1, 0.15) is 0 Å². The second kappa shape index (κ2) is 11.7. The topological polar surface area (TPSA) is 35.6 Å². The van der Waals surface area contributed by atoms with Gasteiger partial charge >= 0.3 is 239 Å². The van der Waals surface area contributed by atoms with E-state index in [9.17, 15) is 0 Å². The molecule has 4 nitrogen and oxygen atoms in total. The van der Waals surface area contributed by atoms with Gasteiger partial charge in [-0.1, -0.05) is 78.9 Å². The smallest absolute Gasteiger partial charge is 0.0616 e. The maximum absolute atomic E-state index is 5.59. The summed E-state index contributed by atoms with van der Waals surface area (Å²) >= 11 is 0.208. The van der Waals surface area contributed by atoms with Crippen LogP contribution >= 0.6 is 0 Å². The Hall–Kier alpha value is -7.04. The molecule has 0 aliphatic carbocycles. The molecule has 0 saturated heterocycles. The van der Waals surface area contributed by atoms with Gasteiger partial charge in [0.15, 0.2) is 0 Å². The fourth-order valence-electron chi connectivity index (χ4n) is 9.57. The molecule has 4 heterocycles. The minimum absolute atomic E-state index is 0.208. The third-order valence-electron chi connectivity index (χ3n) is 11.9. The molecule has 13 aromatic rings. The first-order valence-electron chi connectivity index (χ1n) is 19.3. The van der Waals surface area contributed by atoms with Gasteiger partial charge in [-0.2, -0.15) is 0 Å². The van der Waals surface area contributed by atoms with E-state index in [1.165, 1.54) is 68.3 Å². The third kappa shape index (κ3) is 4.27. The van der Waals surface area contributed by atoms with Crippen LogP contribution in [0.1, 0.15) is 0 Å². The number of benzene rings is 9. The van der Waals surface area contributed by atoms with Crippen molar-refractivity contribution in [1.29, 1.82) is 0 Å². The molecule has 13 rings (SSSR count). The van der Waals surface area contributed by atoms with E-state index in [1.807, 2.05) is 0 Å². The zero-order chi connectivity index (χ0) is 37.2. The molecule has 0 aliphatic rings. The van der Waals surface area contributed by atoms with Crippen molar-refractivity contribution in [2.45, 2.75) is 0 Å². The summed E-state index contributed by atoms with van der Waals surface area (Å²) in [5.74, 6) is 0.664. The molecule has 0 N–H and O–H groups in total. The molecule has 57 heavy (non-hydrogen) atoms. The van der Waals surface area contributed by atoms with Gasteiger partial charge in [-0.15, -0.1) is 0 Å². The Morgan fingerprint density at radius 2 is 0.895 bits per heavy atom. The van der Waals surface area contributed by atoms with Crippen LogP contribution in [0.2, 0.25) is 0 Å². The minimum atomic E-state index is 0.208. The monoisotopic (exact) mass is 790 g/mol. The second-order valence-electron chi connectivity index (χ2n) is 14.9. The van der Waals surface area contributed by atoms with Crippen LogP contribution in [0.15, 0.2) is 182 Å². The van der Waals surface area contributed by atoms with Crippen LogP contribution in [0.4, 0.5) is 0 Å². The molecular formula is C52H30N4Se. The van der Waals surface area contributed by atoms with Gasteiger partial charge in [-0.05, 0) is 16.2 Å². The van der Waals surface area contributed by atoms with Crippen molar-refractivity contribution in [2.75, 3.05) is 0 Å². The second-order valence-corrected chi connectivity index (χ2v) is 17.1. The molecule has 4 aromatic heterocycles. The molecule has 0 aliphatic heterocycles. The van der Waals surface area contributed by atoms with Crippen LogP contribution in [0, 0.1) is 0 Å². The molecule has 0 spiro atoms. The molecule has 9 aromatic carbocycles. The first-order chi connectivity index (χ1) is 28.3. The van der Waals surface area contributed by atoms with Gasteiger partial charge in [0, 0.05) is 0 Å². The Kier molecular flexibility index (Phi) is 6.42. The van der Waals surface area contributed by atoms with Crippen LogP contribution in [0.3, 0.4) is 0 Å². The molecule has 0 amide bonds. The summed E-state index contributed by atoms with van der Waals surface area (Å²) in [5, 5.41) is 13.4. The first kappa shape index (κ1) is 31.2. The van der Waals surface area contributed by atoms with Crippen molar-refractivity contribution >= 4 is 110 Å². The summed E-state index contributed by atoms with van der Waals surface area (Å²) in [6.45, 7) is 0. The van der Waals surface area contributed by atoms with E-state index < -0.39 is 0 Å². The Morgan fingerprint density at radius 3 is 1.63 bits per heavy atom. The van der Waals surface area contributed by atoms with E-state index in [1.54, 1.807) is 0 Å². The van der Waals surface area contributed by atoms with Crippen LogP contribution < -0.4 is 0 Å². The summed E-state index contributed by atoms with van der Waals surface area (Å²) < 4.78 is 7.70. The number of para-hydroxylation sites is 2. The van der Waals surface area contributed by atoms with Crippen molar-refractivity contribution < 1.29 is 0 Å². The van der Waals surface area contributed by atoms with Crippen LogP contribution in [-0.2, 0) is 0 Å². The third-order valence-corrected chi connectivity index (χ3v) is 14.4. The van der Waals surface area contributed by atoms with Crippen LogP contribution in [0.25, 0.3) is 118 Å². The van der Waals surface area contributed by atoms with Gasteiger partial charge in [-0.3, -0.25) is 0 Å². The Morgan fingerprint density at radius 1 is 0.351 bits per heavy atom. The summed E-state index contributed by atoms with van der Waals surface area (Å²) in [7, 11) is 0. The molecule has 0 unspecified atom stereocenters. The standard InChI is InChI=1S/C52H30N4Se/c1-2-15-31(16-3-1)49-48-35-20-6-4-17-32(35)33-18-5-7-21-36(33)50(48)54-52(53-49)56-41-26-12-9-23-39(41)47-43(56)30-29-42-46(47)38-22-8-11-25-40(38)55(42)44-27-14-24-37-34-19-10-13-28-45(34)57-51(37)44/h1-30H. The molecule has 5 heteroatoms. The fourth-order valence-corrected chi connectivity index (χ4v) is 12.1. The molecular weight excluding hydrogens is 760 g/mol. The normalized spacial score (nSPS) is 12.2. The van der Waals surface area contributed by atoms with Gasteiger partial charge in [0.2, 0.25) is 0 Å². The number of nitrogens with zero attached hydrogens (tertiary/aromatic N) is 4. The van der Waals surface area contributed by atoms with Gasteiger partial charge in [-0.25, -0.2) is 0 Å². The molecule has 0 atom stereocenters. The van der Waals surface area contributed by atoms with Crippen molar-refractivity contribution in [2.24, 2.45) is 0 Å². The SMILES string of the molecule is c1ccc(-c2nc(-n3c4ccccc4c4c5c6ccccc6n(-c6cccc7c6[se]c6ccccc67)c5ccc43)nc3c4ccccc4c4ccccc4c23)cc1. The Bertz CT molecular complexity index is 3810. The molecule has 0 bridgehead atoms. The fraction of sp³-hybridized carbons (Fsp3) is 0. The van der Waals surface area contributed by atoms with Crippen LogP contribution in [0.5, 0.6) is 0 Å². The van der Waals surface area contributed by atoms with Crippen LogP contribution in [-0.4, -0.2) is 33.6 Å². The maximum atomic E-state index is 5.59. The quantitative estimate of drug-likeness (QED) is 0.132. The summed E-state index contributed by atoms with van der Waals surface area (Å²) in [6.07, 6.45) is 0. The van der Waals surface area contributed by atoms with Gasteiger partial charge in [0.25, 0.3) is 0 Å². The predicted octanol–water partition coefficient (Wildman–Crippen LogP) is 13.2. The summed E-state index contributed by atoms with van der Waals surface area (Å²) in [4.78, 5) is 11.2. The van der Waals surface area contributed by atoms with Crippen molar-refractivity contribution in [1.82, 2.24) is 19.1 Å². The number of aromatic nitrogens is 4. The van der Waals surface area contributed by atoms with Crippen molar-refractivity contribution in [3.05, 3.63) is 182 Å². The molecule has 0 fully saturated rings. The zero-order valence-corrected chi connectivity index (χ0v) is 32.2. The Labute approximate surface area is 332 Å². The Balaban J connectivity index is 1.18. The van der Waals surface area contributed by atoms with Crippen molar-refractivity contribution in [3.8, 4) is 22.9 Å². The number of hydrogen-bond donors (Lipinski definition) is 0. The van der Waals surface area contributed by atoms with E-state index >= 15 is 0 Å². The molecule has 264 valence electrons. The first-order valence-corrected chi connectivity index (χ1v) is 21.1. The molecule has 0 saturated carbocycles. The number of fused-ring (bicyclic) bond motifs is 16. The van der Waals surface area contributed by atoms with E-state index in [0.717, 1.165) is 44.0 Å². The predicted molar refractivity (Wildman–Crippen MR) is 241 cm³/mol. The van der Waals surface area contributed by atoms with E-state index in [-0.39, 0.29) is 14.5 Å². The van der Waals surface area contributed by atoms with E-state index in [2.05, 4.69) is 191 Å². The number of hydrogen-bond acceptors (Lipinski definition) is 2. The van der Waals surface area contributed by atoms with E-state index in [0.29, 0.717) is 5.95 Å². The van der Waals surface area contributed by atoms with Gasteiger partial charge in [0.05, 0.1) is 0 Å². The summed E-state index contributed by atoms with van der Waals surface area (Å²) in [5.41, 5.74) is 8.81. The summed E-state index contributed by atoms with van der Waals surface area (Å²) in [6, 6.07) is 66.0. The average molecular weight is 790 g/mol. The minimum Gasteiger partial charge on any atom is -0.0616 e. The van der Waals surface area contributed by atoms with Crippen molar-refractivity contribution in [3.63, 3.8) is 0 Å². The van der Waals surface area contributed by atoms with Gasteiger partial charge < -0.3 is 0 Å². The van der Waals surface area contributed by atoms with E-state index in [4.69, 9.17) is 9.97 Å².